The van der Waals surface area contributed by atoms with Crippen molar-refractivity contribution in [2.24, 2.45) is 0 Å². The van der Waals surface area contributed by atoms with Crippen LogP contribution in [0.25, 0.3) is 0 Å². The molecule has 0 aliphatic heterocycles. The van der Waals surface area contributed by atoms with Gasteiger partial charge in [-0.1, -0.05) is 0 Å². The zero-order chi connectivity index (χ0) is 6.78. The Balaban J connectivity index is 3.39. The van der Waals surface area contributed by atoms with E-state index < -0.39 is 17.0 Å². The van der Waals surface area contributed by atoms with E-state index in [4.69, 9.17) is 0 Å². The minimum absolute atomic E-state index is 0.853. The topological polar surface area (TPSA) is 0 Å². The number of hydrogen-bond acceptors (Lipinski definition) is 1. The van der Waals surface area contributed by atoms with Crippen molar-refractivity contribution in [1.82, 2.24) is 0 Å². The molecule has 0 aromatic heterocycles. The molecule has 0 rings (SSSR count). The summed E-state index contributed by atoms with van der Waals surface area (Å²) >= 11 is -1.44. The zero-order valence-corrected chi connectivity index (χ0v) is 10.2. The van der Waals surface area contributed by atoms with E-state index in [1.165, 1.54) is 0 Å². The van der Waals surface area contributed by atoms with Crippen molar-refractivity contribution in [2.45, 2.75) is 33.9 Å². The van der Waals surface area contributed by atoms with Crippen molar-refractivity contribution >= 4 is 25.9 Å². The fraction of sp³-hybridized carbons (Fsp3) is 1.00. The molecule has 0 saturated heterocycles. The van der Waals surface area contributed by atoms with E-state index in [1.807, 2.05) is 0 Å². The monoisotopic (exact) mass is 240 g/mol. The molecule has 0 aliphatic carbocycles. The standard InChI is InChI=1S/C3H8S.3CH3.Sn/c1-3(2)4;;;;/h3-4H,1-2H3;3*1H3;/q;;;;+1/p-1. The molecule has 0 radical (unpaired) electrons. The summed E-state index contributed by atoms with van der Waals surface area (Å²) in [7, 11) is 2.22. The summed E-state index contributed by atoms with van der Waals surface area (Å²) in [5.41, 5.74) is 0. The Hall–Kier alpha value is 1.15. The molecule has 0 amide bonds. The third-order valence-electron chi connectivity index (χ3n) is 0.589. The average molecular weight is 239 g/mol. The van der Waals surface area contributed by atoms with Gasteiger partial charge in [-0.3, -0.25) is 0 Å². The third-order valence-corrected chi connectivity index (χ3v) is 11.9. The maximum absolute atomic E-state index is 2.46. The molecule has 0 unspecified atom stereocenters. The molecular formula is C6H16SSn. The molecule has 0 aliphatic rings. The molecule has 0 saturated carbocycles. The second-order valence-corrected chi connectivity index (χ2v) is 26.7. The van der Waals surface area contributed by atoms with Gasteiger partial charge in [0.2, 0.25) is 0 Å². The summed E-state index contributed by atoms with van der Waals surface area (Å²) in [6.45, 7) is 4.57. The van der Waals surface area contributed by atoms with Crippen LogP contribution in [0.15, 0.2) is 0 Å². The molecule has 8 heavy (non-hydrogen) atoms. The predicted molar refractivity (Wildman–Crippen MR) is 46.1 cm³/mol. The summed E-state index contributed by atoms with van der Waals surface area (Å²) in [4.78, 5) is 7.37. The van der Waals surface area contributed by atoms with Crippen molar-refractivity contribution in [2.75, 3.05) is 0 Å². The maximum atomic E-state index is 2.46. The Morgan fingerprint density at radius 2 is 1.50 bits per heavy atom. The second-order valence-electron chi connectivity index (χ2n) is 3.28. The molecule has 0 bridgehead atoms. The Kier molecular flexibility index (Phi) is 3.83. The summed E-state index contributed by atoms with van der Waals surface area (Å²) in [5, 5.41) is 0.853. The first-order valence-corrected chi connectivity index (χ1v) is 16.0. The Morgan fingerprint density at radius 1 is 1.12 bits per heavy atom. The SMILES string of the molecule is CC(C)[S][Sn]([CH3])([CH3])[CH3]. The van der Waals surface area contributed by atoms with Crippen LogP contribution in [0.1, 0.15) is 13.8 Å². The third kappa shape index (κ3) is 7.15. The first-order chi connectivity index (χ1) is 3.42. The number of hydrogen-bond donors (Lipinski definition) is 0. The molecule has 0 spiro atoms. The molecule has 50 valence electrons. The Labute approximate surface area is 59.8 Å². The van der Waals surface area contributed by atoms with Crippen LogP contribution >= 0.6 is 8.95 Å². The van der Waals surface area contributed by atoms with Crippen LogP contribution in [0.4, 0.5) is 0 Å². The van der Waals surface area contributed by atoms with Gasteiger partial charge in [-0.15, -0.1) is 0 Å². The van der Waals surface area contributed by atoms with E-state index in [-0.39, 0.29) is 0 Å². The van der Waals surface area contributed by atoms with Crippen molar-refractivity contribution < 1.29 is 0 Å². The average Bonchev–Trinajstić information content (AvgIpc) is 1.21. The van der Waals surface area contributed by atoms with Gasteiger partial charge in [0.05, 0.1) is 0 Å². The summed E-state index contributed by atoms with van der Waals surface area (Å²) < 4.78 is 0. The predicted octanol–water partition coefficient (Wildman–Crippen LogP) is 2.96. The van der Waals surface area contributed by atoms with Crippen LogP contribution in [-0.2, 0) is 0 Å². The van der Waals surface area contributed by atoms with Gasteiger partial charge >= 0.3 is 59.9 Å². The van der Waals surface area contributed by atoms with Gasteiger partial charge in [-0.2, -0.15) is 0 Å². The second kappa shape index (κ2) is 3.35. The first kappa shape index (κ1) is 9.15. The van der Waals surface area contributed by atoms with Crippen LogP contribution in [0.3, 0.4) is 0 Å². The van der Waals surface area contributed by atoms with Gasteiger partial charge in [-0.25, -0.2) is 0 Å². The summed E-state index contributed by atoms with van der Waals surface area (Å²) in [5.74, 6) is 0. The van der Waals surface area contributed by atoms with E-state index in [0.717, 1.165) is 5.25 Å². The van der Waals surface area contributed by atoms with E-state index in [0.29, 0.717) is 0 Å². The van der Waals surface area contributed by atoms with Gasteiger partial charge in [0, 0.05) is 0 Å². The molecule has 0 aromatic carbocycles. The van der Waals surface area contributed by atoms with Crippen LogP contribution in [0.5, 0.6) is 0 Å². The normalized spacial score (nSPS) is 12.8. The summed E-state index contributed by atoms with van der Waals surface area (Å²) in [6, 6.07) is 0. The molecule has 2 heteroatoms. The fourth-order valence-corrected chi connectivity index (χ4v) is 14.2. The van der Waals surface area contributed by atoms with Crippen LogP contribution in [-0.4, -0.2) is 22.2 Å². The van der Waals surface area contributed by atoms with E-state index in [9.17, 15) is 0 Å². The fourth-order valence-electron chi connectivity index (χ4n) is 0.707. The van der Waals surface area contributed by atoms with E-state index in [2.05, 4.69) is 37.6 Å². The zero-order valence-electron chi connectivity index (χ0n) is 6.49. The Morgan fingerprint density at radius 3 is 1.50 bits per heavy atom. The first-order valence-electron chi connectivity index (χ1n) is 3.09. The van der Waals surface area contributed by atoms with Crippen LogP contribution < -0.4 is 0 Å². The Bertz CT molecular complexity index is 63.4. The van der Waals surface area contributed by atoms with Crippen LogP contribution in [0.2, 0.25) is 14.8 Å². The van der Waals surface area contributed by atoms with Crippen molar-refractivity contribution in [1.29, 1.82) is 0 Å². The van der Waals surface area contributed by atoms with E-state index >= 15 is 0 Å². The van der Waals surface area contributed by atoms with Gasteiger partial charge in [0.25, 0.3) is 0 Å². The molecule has 0 aromatic rings. The quantitative estimate of drug-likeness (QED) is 0.667. The molecular weight excluding hydrogens is 223 g/mol. The molecule has 0 fully saturated rings. The molecule has 0 atom stereocenters. The number of rotatable bonds is 2. The van der Waals surface area contributed by atoms with E-state index in [1.54, 1.807) is 0 Å². The minimum atomic E-state index is -1.44. The molecule has 0 N–H and O–H groups in total. The van der Waals surface area contributed by atoms with Gasteiger partial charge < -0.3 is 0 Å². The van der Waals surface area contributed by atoms with Crippen molar-refractivity contribution in [3.05, 3.63) is 0 Å². The molecule has 0 heterocycles. The molecule has 0 nitrogen and oxygen atoms in total. The van der Waals surface area contributed by atoms with Crippen molar-refractivity contribution in [3.8, 4) is 0 Å². The summed E-state index contributed by atoms with van der Waals surface area (Å²) in [6.07, 6.45) is 0. The van der Waals surface area contributed by atoms with Gasteiger partial charge in [0.1, 0.15) is 0 Å². The van der Waals surface area contributed by atoms with Crippen molar-refractivity contribution in [3.63, 3.8) is 0 Å². The van der Waals surface area contributed by atoms with Gasteiger partial charge in [0.15, 0.2) is 0 Å². The van der Waals surface area contributed by atoms with Crippen LogP contribution in [0, 0.1) is 0 Å². The van der Waals surface area contributed by atoms with Gasteiger partial charge in [-0.05, 0) is 0 Å².